The number of hydrogen-bond donors (Lipinski definition) is 0. The number of carbonyl (C=O) groups excluding carboxylic acids is 2. The molecule has 0 spiro atoms. The summed E-state index contributed by atoms with van der Waals surface area (Å²) in [7, 11) is 0. The van der Waals surface area contributed by atoms with Crippen molar-refractivity contribution >= 4 is 11.9 Å². The normalized spacial score (nSPS) is 17.4. The fraction of sp³-hybridized carbons (Fsp3) is 0.833. The summed E-state index contributed by atoms with van der Waals surface area (Å²) in [5.41, 5.74) is 0. The van der Waals surface area contributed by atoms with Gasteiger partial charge in [0.05, 0.1) is 6.10 Å². The van der Waals surface area contributed by atoms with E-state index in [2.05, 4.69) is 0 Å². The predicted octanol–water partition coefficient (Wildman–Crippen LogP) is 1.92. The molecule has 0 amide bonds. The third-order valence-corrected chi connectivity index (χ3v) is 2.33. The lowest BCUT2D eigenvalue weighted by Gasteiger charge is -2.19. The van der Waals surface area contributed by atoms with Crippen LogP contribution < -0.4 is 0 Å². The summed E-state index contributed by atoms with van der Waals surface area (Å²) in [6, 6.07) is 0. The second-order valence-corrected chi connectivity index (χ2v) is 4.84. The monoisotopic (exact) mass is 228 g/mol. The van der Waals surface area contributed by atoms with E-state index in [-0.39, 0.29) is 18.1 Å². The summed E-state index contributed by atoms with van der Waals surface area (Å²) in [5, 5.41) is 0. The van der Waals surface area contributed by atoms with Gasteiger partial charge in [-0.2, -0.15) is 0 Å². The SMILES string of the molecule is CC(C)OC(=O)C(C(=O)OC1CC1)C(C)C. The highest BCUT2D eigenvalue weighted by Crippen LogP contribution is 2.26. The fourth-order valence-electron chi connectivity index (χ4n) is 1.37. The van der Waals surface area contributed by atoms with Gasteiger partial charge in [-0.1, -0.05) is 13.8 Å². The molecule has 0 N–H and O–H groups in total. The Hall–Kier alpha value is -1.06. The van der Waals surface area contributed by atoms with Gasteiger partial charge >= 0.3 is 11.9 Å². The maximum absolute atomic E-state index is 11.7. The number of carbonyl (C=O) groups is 2. The van der Waals surface area contributed by atoms with Gasteiger partial charge in [-0.25, -0.2) is 0 Å². The van der Waals surface area contributed by atoms with Crippen molar-refractivity contribution in [3.8, 4) is 0 Å². The minimum absolute atomic E-state index is 0.0283. The van der Waals surface area contributed by atoms with E-state index in [9.17, 15) is 9.59 Å². The first-order chi connectivity index (χ1) is 7.41. The molecule has 0 aromatic heterocycles. The number of ether oxygens (including phenoxy) is 2. The third-order valence-electron chi connectivity index (χ3n) is 2.33. The number of hydrogen-bond acceptors (Lipinski definition) is 4. The Morgan fingerprint density at radius 2 is 1.62 bits per heavy atom. The van der Waals surface area contributed by atoms with Gasteiger partial charge in [0.25, 0.3) is 0 Å². The molecule has 1 saturated carbocycles. The van der Waals surface area contributed by atoms with E-state index >= 15 is 0 Å². The summed E-state index contributed by atoms with van der Waals surface area (Å²) in [4.78, 5) is 23.5. The molecule has 1 rings (SSSR count). The van der Waals surface area contributed by atoms with Crippen LogP contribution in [0.3, 0.4) is 0 Å². The highest BCUT2D eigenvalue weighted by molar-refractivity contribution is 5.95. The molecule has 1 fully saturated rings. The van der Waals surface area contributed by atoms with Gasteiger partial charge in [0.1, 0.15) is 6.10 Å². The van der Waals surface area contributed by atoms with Crippen molar-refractivity contribution in [2.45, 2.75) is 52.7 Å². The zero-order valence-corrected chi connectivity index (χ0v) is 10.4. The van der Waals surface area contributed by atoms with E-state index in [4.69, 9.17) is 9.47 Å². The molecule has 0 radical (unpaired) electrons. The van der Waals surface area contributed by atoms with Gasteiger partial charge in [0.2, 0.25) is 0 Å². The van der Waals surface area contributed by atoms with Gasteiger partial charge in [0.15, 0.2) is 5.92 Å². The number of esters is 2. The summed E-state index contributed by atoms with van der Waals surface area (Å²) in [5.74, 6) is -1.81. The molecular formula is C12H20O4. The molecule has 0 aromatic rings. The van der Waals surface area contributed by atoms with Crippen LogP contribution in [0.2, 0.25) is 0 Å². The average Bonchev–Trinajstić information content (AvgIpc) is 2.85. The fourth-order valence-corrected chi connectivity index (χ4v) is 1.37. The van der Waals surface area contributed by atoms with Crippen LogP contribution in [0, 0.1) is 11.8 Å². The van der Waals surface area contributed by atoms with Gasteiger partial charge in [-0.05, 0) is 32.6 Å². The first-order valence-corrected chi connectivity index (χ1v) is 5.82. The van der Waals surface area contributed by atoms with Crippen molar-refractivity contribution in [2.75, 3.05) is 0 Å². The first kappa shape index (κ1) is 13.0. The molecular weight excluding hydrogens is 208 g/mol. The molecule has 16 heavy (non-hydrogen) atoms. The van der Waals surface area contributed by atoms with E-state index in [1.807, 2.05) is 13.8 Å². The van der Waals surface area contributed by atoms with Gasteiger partial charge in [-0.15, -0.1) is 0 Å². The average molecular weight is 228 g/mol. The molecule has 1 aliphatic carbocycles. The van der Waals surface area contributed by atoms with Crippen molar-refractivity contribution in [1.82, 2.24) is 0 Å². The molecule has 0 aliphatic heterocycles. The van der Waals surface area contributed by atoms with Gasteiger partial charge < -0.3 is 9.47 Å². The topological polar surface area (TPSA) is 52.6 Å². The van der Waals surface area contributed by atoms with Gasteiger partial charge in [-0.3, -0.25) is 9.59 Å². The van der Waals surface area contributed by atoms with Crippen LogP contribution in [0.4, 0.5) is 0 Å². The third kappa shape index (κ3) is 3.83. The summed E-state index contributed by atoms with van der Waals surface area (Å²) < 4.78 is 10.2. The maximum atomic E-state index is 11.7. The second-order valence-electron chi connectivity index (χ2n) is 4.84. The molecule has 0 bridgehead atoms. The molecule has 0 heterocycles. The maximum Gasteiger partial charge on any atom is 0.320 e. The minimum Gasteiger partial charge on any atom is -0.462 e. The molecule has 0 aromatic carbocycles. The van der Waals surface area contributed by atoms with Crippen LogP contribution >= 0.6 is 0 Å². The summed E-state index contributed by atoms with van der Waals surface area (Å²) in [6.45, 7) is 7.17. The zero-order chi connectivity index (χ0) is 12.3. The smallest absolute Gasteiger partial charge is 0.320 e. The Morgan fingerprint density at radius 3 is 2.00 bits per heavy atom. The van der Waals surface area contributed by atoms with Crippen LogP contribution in [0.5, 0.6) is 0 Å². The lowest BCUT2D eigenvalue weighted by Crippen LogP contribution is -2.33. The quantitative estimate of drug-likeness (QED) is 0.533. The Bertz CT molecular complexity index is 250. The lowest BCUT2D eigenvalue weighted by atomic mass is 9.96. The Morgan fingerprint density at radius 1 is 1.06 bits per heavy atom. The van der Waals surface area contributed by atoms with Gasteiger partial charge in [0, 0.05) is 0 Å². The van der Waals surface area contributed by atoms with Crippen LogP contribution in [0.1, 0.15) is 40.5 Å². The van der Waals surface area contributed by atoms with Crippen LogP contribution in [-0.2, 0) is 19.1 Å². The van der Waals surface area contributed by atoms with E-state index in [1.165, 1.54) is 0 Å². The van der Waals surface area contributed by atoms with E-state index < -0.39 is 17.9 Å². The minimum atomic E-state index is -0.789. The Balaban J connectivity index is 2.57. The molecule has 1 aliphatic rings. The van der Waals surface area contributed by atoms with E-state index in [0.717, 1.165) is 12.8 Å². The van der Waals surface area contributed by atoms with Crippen molar-refractivity contribution < 1.29 is 19.1 Å². The molecule has 0 saturated heterocycles. The van der Waals surface area contributed by atoms with Crippen LogP contribution in [-0.4, -0.2) is 24.1 Å². The van der Waals surface area contributed by atoms with E-state index in [0.29, 0.717) is 0 Å². The van der Waals surface area contributed by atoms with Crippen molar-refractivity contribution in [2.24, 2.45) is 11.8 Å². The lowest BCUT2D eigenvalue weighted by molar-refractivity contribution is -0.167. The predicted molar refractivity (Wildman–Crippen MR) is 58.7 cm³/mol. The highest BCUT2D eigenvalue weighted by atomic mass is 16.6. The molecule has 4 nitrogen and oxygen atoms in total. The highest BCUT2D eigenvalue weighted by Gasteiger charge is 2.37. The van der Waals surface area contributed by atoms with Crippen molar-refractivity contribution in [3.05, 3.63) is 0 Å². The van der Waals surface area contributed by atoms with Crippen molar-refractivity contribution in [3.63, 3.8) is 0 Å². The van der Waals surface area contributed by atoms with Crippen molar-refractivity contribution in [1.29, 1.82) is 0 Å². The largest absolute Gasteiger partial charge is 0.462 e. The standard InChI is InChI=1S/C12H20O4/c1-7(2)10(11(13)15-8(3)4)12(14)16-9-5-6-9/h7-10H,5-6H2,1-4H3. The molecule has 92 valence electrons. The number of rotatable bonds is 5. The van der Waals surface area contributed by atoms with Crippen LogP contribution in [0.25, 0.3) is 0 Å². The molecule has 4 heteroatoms. The van der Waals surface area contributed by atoms with Crippen LogP contribution in [0.15, 0.2) is 0 Å². The van der Waals surface area contributed by atoms with E-state index in [1.54, 1.807) is 13.8 Å². The molecule has 1 unspecified atom stereocenters. The second kappa shape index (κ2) is 5.32. The zero-order valence-electron chi connectivity index (χ0n) is 10.4. The Labute approximate surface area is 96.3 Å². The summed E-state index contributed by atoms with van der Waals surface area (Å²) >= 11 is 0. The molecule has 1 atom stereocenters. The first-order valence-electron chi connectivity index (χ1n) is 5.82. The summed E-state index contributed by atoms with van der Waals surface area (Å²) in [6.07, 6.45) is 1.65. The Kier molecular flexibility index (Phi) is 4.33.